The van der Waals surface area contributed by atoms with Crippen LogP contribution < -0.4 is 0 Å². The van der Waals surface area contributed by atoms with Crippen LogP contribution in [0.1, 0.15) is 31.0 Å². The minimum absolute atomic E-state index is 0.0469. The van der Waals surface area contributed by atoms with E-state index in [0.717, 1.165) is 19.3 Å². The second-order valence-electron chi connectivity index (χ2n) is 5.73. The molecule has 0 N–H and O–H groups in total. The van der Waals surface area contributed by atoms with E-state index in [1.54, 1.807) is 0 Å². The molecule has 1 aliphatic carbocycles. The Bertz CT molecular complexity index is 542. The smallest absolute Gasteiger partial charge is 0.416 e. The molecule has 2 aliphatic rings. The number of hydrogen-bond acceptors (Lipinski definition) is 5. The average Bonchev–Trinajstić information content (AvgIpc) is 3.22. The van der Waals surface area contributed by atoms with Gasteiger partial charge < -0.3 is 9.32 Å². The van der Waals surface area contributed by atoms with Crippen molar-refractivity contribution < 1.29 is 22.4 Å². The summed E-state index contributed by atoms with van der Waals surface area (Å²) < 4.78 is 41.9. The third-order valence-electron chi connectivity index (χ3n) is 3.89. The first-order valence-corrected chi connectivity index (χ1v) is 7.34. The normalized spacial score (nSPS) is 21.0. The van der Waals surface area contributed by atoms with Crippen LogP contribution in [-0.2, 0) is 17.5 Å². The highest BCUT2D eigenvalue weighted by Crippen LogP contribution is 2.31. The van der Waals surface area contributed by atoms with E-state index >= 15 is 0 Å². The van der Waals surface area contributed by atoms with Crippen LogP contribution in [0.15, 0.2) is 4.42 Å². The zero-order valence-electron chi connectivity index (χ0n) is 12.0. The number of amides is 1. The zero-order valence-corrected chi connectivity index (χ0v) is 12.0. The first kappa shape index (κ1) is 15.3. The summed E-state index contributed by atoms with van der Waals surface area (Å²) in [5.41, 5.74) is 0. The Hall–Kier alpha value is -1.64. The lowest BCUT2D eigenvalue weighted by atomic mass is 10.3. The van der Waals surface area contributed by atoms with Gasteiger partial charge in [0.25, 0.3) is 0 Å². The number of nitrogens with zero attached hydrogens (tertiary/aromatic N) is 4. The number of carbonyl (C=O) groups excluding carboxylic acids is 1. The van der Waals surface area contributed by atoms with Crippen LogP contribution in [0.25, 0.3) is 0 Å². The van der Waals surface area contributed by atoms with Crippen molar-refractivity contribution in [3.8, 4) is 0 Å². The largest absolute Gasteiger partial charge is 0.470 e. The Labute approximate surface area is 125 Å². The minimum atomic E-state index is -4.61. The number of carbonyl (C=O) groups is 1. The highest BCUT2D eigenvalue weighted by atomic mass is 19.4. The summed E-state index contributed by atoms with van der Waals surface area (Å²) in [4.78, 5) is 15.8. The molecule has 6 nitrogen and oxygen atoms in total. The average molecular weight is 318 g/mol. The lowest BCUT2D eigenvalue weighted by molar-refractivity contribution is -0.157. The van der Waals surface area contributed by atoms with Crippen molar-refractivity contribution in [2.45, 2.75) is 32.0 Å². The van der Waals surface area contributed by atoms with Gasteiger partial charge in [0.15, 0.2) is 0 Å². The van der Waals surface area contributed by atoms with Gasteiger partial charge in [0.1, 0.15) is 0 Å². The van der Waals surface area contributed by atoms with E-state index < -0.39 is 12.1 Å². The molecule has 2 fully saturated rings. The van der Waals surface area contributed by atoms with Gasteiger partial charge in [-0.3, -0.25) is 9.69 Å². The van der Waals surface area contributed by atoms with Crippen molar-refractivity contribution in [2.24, 2.45) is 5.92 Å². The minimum Gasteiger partial charge on any atom is -0.416 e. The summed E-state index contributed by atoms with van der Waals surface area (Å²) >= 11 is 0. The Morgan fingerprint density at radius 1 is 1.18 bits per heavy atom. The lowest BCUT2D eigenvalue weighted by Crippen LogP contribution is -2.36. The second-order valence-corrected chi connectivity index (χ2v) is 5.73. The summed E-state index contributed by atoms with van der Waals surface area (Å²) in [6.07, 6.45) is -1.88. The number of halogens is 3. The lowest BCUT2D eigenvalue weighted by Gasteiger charge is -2.21. The Kier molecular flexibility index (Phi) is 4.07. The molecule has 0 spiro atoms. The maximum atomic E-state index is 12.4. The maximum absolute atomic E-state index is 12.4. The van der Waals surface area contributed by atoms with Gasteiger partial charge in [-0.1, -0.05) is 0 Å². The Balaban J connectivity index is 1.55. The molecule has 0 unspecified atom stereocenters. The third kappa shape index (κ3) is 3.57. The molecule has 0 atom stereocenters. The predicted octanol–water partition coefficient (Wildman–Crippen LogP) is 1.53. The van der Waals surface area contributed by atoms with Gasteiger partial charge in [-0.15, -0.1) is 10.2 Å². The van der Waals surface area contributed by atoms with Crippen molar-refractivity contribution in [1.82, 2.24) is 20.0 Å². The fraction of sp³-hybridized carbons (Fsp3) is 0.769. The number of aromatic nitrogens is 2. The summed E-state index contributed by atoms with van der Waals surface area (Å²) in [7, 11) is 0. The highest BCUT2D eigenvalue weighted by molar-refractivity contribution is 5.81. The van der Waals surface area contributed by atoms with Crippen molar-refractivity contribution in [3.63, 3.8) is 0 Å². The molecule has 122 valence electrons. The van der Waals surface area contributed by atoms with E-state index in [0.29, 0.717) is 26.2 Å². The standard InChI is InChI=1S/C13H17F3N4O2/c14-13(15,16)12-18-17-10(22-12)8-19-4-1-5-20(7-6-19)11(21)9-2-3-9/h9H,1-8H2. The van der Waals surface area contributed by atoms with Gasteiger partial charge in [0, 0.05) is 32.1 Å². The molecule has 9 heteroatoms. The molecule has 22 heavy (non-hydrogen) atoms. The van der Waals surface area contributed by atoms with Crippen molar-refractivity contribution in [1.29, 1.82) is 0 Å². The van der Waals surface area contributed by atoms with E-state index in [2.05, 4.69) is 14.6 Å². The molecule has 1 aromatic heterocycles. The van der Waals surface area contributed by atoms with Crippen LogP contribution in [0.4, 0.5) is 13.2 Å². The molecule has 2 heterocycles. The molecule has 1 saturated carbocycles. The zero-order chi connectivity index (χ0) is 15.7. The number of alkyl halides is 3. The monoisotopic (exact) mass is 318 g/mol. The van der Waals surface area contributed by atoms with Crippen LogP contribution in [0.3, 0.4) is 0 Å². The van der Waals surface area contributed by atoms with Gasteiger partial charge in [-0.2, -0.15) is 13.2 Å². The molecular formula is C13H17F3N4O2. The first-order valence-electron chi connectivity index (χ1n) is 7.34. The van der Waals surface area contributed by atoms with E-state index in [-0.39, 0.29) is 24.3 Å². The van der Waals surface area contributed by atoms with Gasteiger partial charge >= 0.3 is 12.1 Å². The van der Waals surface area contributed by atoms with Crippen LogP contribution in [0.5, 0.6) is 0 Å². The quantitative estimate of drug-likeness (QED) is 0.846. The van der Waals surface area contributed by atoms with E-state index in [9.17, 15) is 18.0 Å². The number of hydrogen-bond donors (Lipinski definition) is 0. The molecule has 1 aliphatic heterocycles. The van der Waals surface area contributed by atoms with Crippen LogP contribution >= 0.6 is 0 Å². The Morgan fingerprint density at radius 3 is 2.59 bits per heavy atom. The van der Waals surface area contributed by atoms with Crippen molar-refractivity contribution >= 4 is 5.91 Å². The summed E-state index contributed by atoms with van der Waals surface area (Å²) in [5, 5.41) is 6.46. The third-order valence-corrected chi connectivity index (χ3v) is 3.89. The summed E-state index contributed by atoms with van der Waals surface area (Å²) in [5.74, 6) is -0.965. The highest BCUT2D eigenvalue weighted by Gasteiger charge is 2.38. The van der Waals surface area contributed by atoms with Gasteiger partial charge in [0.2, 0.25) is 11.8 Å². The molecule has 0 aromatic carbocycles. The predicted molar refractivity (Wildman–Crippen MR) is 68.5 cm³/mol. The molecule has 1 aromatic rings. The first-order chi connectivity index (χ1) is 10.4. The SMILES string of the molecule is O=C(C1CC1)N1CCCN(Cc2nnc(C(F)(F)F)o2)CC1. The molecule has 0 radical (unpaired) electrons. The molecule has 1 amide bonds. The summed E-state index contributed by atoms with van der Waals surface area (Å²) in [6.45, 7) is 2.76. The fourth-order valence-corrected chi connectivity index (χ4v) is 2.56. The number of rotatable bonds is 3. The van der Waals surface area contributed by atoms with Crippen molar-refractivity contribution in [2.75, 3.05) is 26.2 Å². The van der Waals surface area contributed by atoms with E-state index in [1.165, 1.54) is 0 Å². The molecule has 0 bridgehead atoms. The molecule has 3 rings (SSSR count). The second kappa shape index (κ2) is 5.86. The van der Waals surface area contributed by atoms with Gasteiger partial charge in [0.05, 0.1) is 6.54 Å². The molecule has 1 saturated heterocycles. The maximum Gasteiger partial charge on any atom is 0.470 e. The van der Waals surface area contributed by atoms with Gasteiger partial charge in [-0.25, -0.2) is 0 Å². The van der Waals surface area contributed by atoms with Crippen LogP contribution in [-0.4, -0.2) is 52.1 Å². The van der Waals surface area contributed by atoms with Crippen LogP contribution in [0, 0.1) is 5.92 Å². The topological polar surface area (TPSA) is 62.5 Å². The van der Waals surface area contributed by atoms with E-state index in [4.69, 9.17) is 0 Å². The Morgan fingerprint density at radius 2 is 1.95 bits per heavy atom. The van der Waals surface area contributed by atoms with E-state index in [1.807, 2.05) is 9.80 Å². The molecular weight excluding hydrogens is 301 g/mol. The van der Waals surface area contributed by atoms with Crippen molar-refractivity contribution in [3.05, 3.63) is 11.8 Å². The van der Waals surface area contributed by atoms with Crippen LogP contribution in [0.2, 0.25) is 0 Å². The fourth-order valence-electron chi connectivity index (χ4n) is 2.56. The van der Waals surface area contributed by atoms with Gasteiger partial charge in [-0.05, 0) is 19.3 Å². The summed E-state index contributed by atoms with van der Waals surface area (Å²) in [6, 6.07) is 0.